The summed E-state index contributed by atoms with van der Waals surface area (Å²) in [5.41, 5.74) is 1.25. The molecule has 0 bridgehead atoms. The SMILES string of the molecule is CC(C)(C)CCC(NC(=O)c1cc(C2CC2)[nH]n1)C(=O)O. The largest absolute Gasteiger partial charge is 0.480 e. The van der Waals surface area contributed by atoms with E-state index in [-0.39, 0.29) is 11.1 Å². The summed E-state index contributed by atoms with van der Waals surface area (Å²) >= 11 is 0. The molecule has 0 saturated heterocycles. The zero-order valence-electron chi connectivity index (χ0n) is 12.8. The van der Waals surface area contributed by atoms with Crippen molar-refractivity contribution < 1.29 is 14.7 Å². The van der Waals surface area contributed by atoms with Gasteiger partial charge in [-0.2, -0.15) is 5.10 Å². The van der Waals surface area contributed by atoms with Crippen molar-refractivity contribution in [2.45, 2.75) is 58.4 Å². The van der Waals surface area contributed by atoms with Crippen LogP contribution in [0, 0.1) is 5.41 Å². The number of nitrogens with zero attached hydrogens (tertiary/aromatic N) is 1. The van der Waals surface area contributed by atoms with E-state index in [1.165, 1.54) is 0 Å². The van der Waals surface area contributed by atoms with Crippen LogP contribution in [0.1, 0.15) is 68.6 Å². The third-order valence-electron chi connectivity index (χ3n) is 3.63. The van der Waals surface area contributed by atoms with E-state index in [4.69, 9.17) is 0 Å². The standard InChI is InChI=1S/C15H23N3O3/c1-15(2,3)7-6-10(14(20)21)16-13(19)12-8-11(17-18-12)9-4-5-9/h8-10H,4-7H2,1-3H3,(H,16,19)(H,17,18)(H,20,21). The Morgan fingerprint density at radius 1 is 1.48 bits per heavy atom. The third-order valence-corrected chi connectivity index (χ3v) is 3.63. The van der Waals surface area contributed by atoms with Crippen molar-refractivity contribution in [3.63, 3.8) is 0 Å². The van der Waals surface area contributed by atoms with Crippen molar-refractivity contribution in [2.75, 3.05) is 0 Å². The maximum Gasteiger partial charge on any atom is 0.326 e. The van der Waals surface area contributed by atoms with E-state index in [1.807, 2.05) is 20.8 Å². The number of hydrogen-bond donors (Lipinski definition) is 3. The fraction of sp³-hybridized carbons (Fsp3) is 0.667. The molecular weight excluding hydrogens is 270 g/mol. The first kappa shape index (κ1) is 15.5. The maximum atomic E-state index is 12.1. The maximum absolute atomic E-state index is 12.1. The van der Waals surface area contributed by atoms with Crippen LogP contribution < -0.4 is 5.32 Å². The molecule has 1 unspecified atom stereocenters. The Labute approximate surface area is 124 Å². The Kier molecular flexibility index (Phi) is 4.34. The van der Waals surface area contributed by atoms with Gasteiger partial charge in [0.2, 0.25) is 0 Å². The summed E-state index contributed by atoms with van der Waals surface area (Å²) in [5, 5.41) is 18.6. The summed E-state index contributed by atoms with van der Waals surface area (Å²) in [4.78, 5) is 23.3. The minimum Gasteiger partial charge on any atom is -0.480 e. The van der Waals surface area contributed by atoms with Crippen LogP contribution in [0.2, 0.25) is 0 Å². The van der Waals surface area contributed by atoms with Gasteiger partial charge in [0.05, 0.1) is 0 Å². The van der Waals surface area contributed by atoms with Crippen LogP contribution in [0.3, 0.4) is 0 Å². The van der Waals surface area contributed by atoms with Crippen molar-refractivity contribution in [2.24, 2.45) is 5.41 Å². The quantitative estimate of drug-likeness (QED) is 0.750. The van der Waals surface area contributed by atoms with Crippen LogP contribution in [0.15, 0.2) is 6.07 Å². The Hall–Kier alpha value is -1.85. The van der Waals surface area contributed by atoms with Crippen LogP contribution in [0.5, 0.6) is 0 Å². The van der Waals surface area contributed by atoms with Crippen molar-refractivity contribution in [3.05, 3.63) is 17.5 Å². The van der Waals surface area contributed by atoms with E-state index >= 15 is 0 Å². The summed E-state index contributed by atoms with van der Waals surface area (Å²) in [6, 6.07) is 0.841. The molecule has 3 N–H and O–H groups in total. The highest BCUT2D eigenvalue weighted by molar-refractivity contribution is 5.95. The number of nitrogens with one attached hydrogen (secondary N) is 2. The highest BCUT2D eigenvalue weighted by Gasteiger charge is 2.28. The van der Waals surface area contributed by atoms with Crippen LogP contribution in [0.4, 0.5) is 0 Å². The van der Waals surface area contributed by atoms with Crippen LogP contribution >= 0.6 is 0 Å². The number of hydrogen-bond acceptors (Lipinski definition) is 3. The van der Waals surface area contributed by atoms with Gasteiger partial charge in [0.15, 0.2) is 0 Å². The van der Waals surface area contributed by atoms with Gasteiger partial charge in [0.1, 0.15) is 11.7 Å². The number of amides is 1. The Bertz CT molecular complexity index is 527. The van der Waals surface area contributed by atoms with Crippen LogP contribution in [0.25, 0.3) is 0 Å². The zero-order chi connectivity index (χ0) is 15.6. The van der Waals surface area contributed by atoms with Crippen molar-refractivity contribution in [3.8, 4) is 0 Å². The number of aromatic amines is 1. The number of aromatic nitrogens is 2. The van der Waals surface area contributed by atoms with Crippen molar-refractivity contribution in [1.29, 1.82) is 0 Å². The lowest BCUT2D eigenvalue weighted by molar-refractivity contribution is -0.139. The van der Waals surface area contributed by atoms with E-state index in [9.17, 15) is 14.7 Å². The summed E-state index contributed by atoms with van der Waals surface area (Å²) in [6.45, 7) is 6.13. The first-order valence-corrected chi connectivity index (χ1v) is 7.35. The minimum absolute atomic E-state index is 0.0317. The second-order valence-corrected chi connectivity index (χ2v) is 6.95. The molecule has 116 valence electrons. The predicted octanol–water partition coefficient (Wildman–Crippen LogP) is 2.30. The average molecular weight is 293 g/mol. The van der Waals surface area contributed by atoms with Gasteiger partial charge < -0.3 is 10.4 Å². The Morgan fingerprint density at radius 3 is 2.67 bits per heavy atom. The minimum atomic E-state index is -1.01. The average Bonchev–Trinajstić information content (AvgIpc) is 3.10. The summed E-state index contributed by atoms with van der Waals surface area (Å²) in [5.74, 6) is -0.958. The molecule has 1 aliphatic carbocycles. The van der Waals surface area contributed by atoms with Gasteiger partial charge in [-0.1, -0.05) is 20.8 Å². The second kappa shape index (κ2) is 5.87. The fourth-order valence-corrected chi connectivity index (χ4v) is 2.12. The van der Waals surface area contributed by atoms with E-state index in [0.717, 1.165) is 25.0 Å². The van der Waals surface area contributed by atoms with E-state index < -0.39 is 17.9 Å². The van der Waals surface area contributed by atoms with Gasteiger partial charge in [0.25, 0.3) is 5.91 Å². The summed E-state index contributed by atoms with van der Waals surface area (Å²) < 4.78 is 0. The number of H-pyrrole nitrogens is 1. The normalized spacial score (nSPS) is 16.5. The molecule has 21 heavy (non-hydrogen) atoms. The predicted molar refractivity (Wildman–Crippen MR) is 78.1 cm³/mol. The topological polar surface area (TPSA) is 95.1 Å². The highest BCUT2D eigenvalue weighted by atomic mass is 16.4. The number of carbonyl (C=O) groups excluding carboxylic acids is 1. The van der Waals surface area contributed by atoms with Gasteiger partial charge >= 0.3 is 5.97 Å². The molecule has 0 aliphatic heterocycles. The highest BCUT2D eigenvalue weighted by Crippen LogP contribution is 2.38. The smallest absolute Gasteiger partial charge is 0.326 e. The molecule has 6 nitrogen and oxygen atoms in total. The molecule has 1 amide bonds. The third kappa shape index (κ3) is 4.58. The number of carboxylic acid groups (broad SMARTS) is 1. The second-order valence-electron chi connectivity index (χ2n) is 6.95. The van der Waals surface area contributed by atoms with Crippen molar-refractivity contribution in [1.82, 2.24) is 15.5 Å². The van der Waals surface area contributed by atoms with Gasteiger partial charge in [0, 0.05) is 11.6 Å². The zero-order valence-corrected chi connectivity index (χ0v) is 12.8. The molecule has 0 aromatic carbocycles. The molecule has 1 fully saturated rings. The lowest BCUT2D eigenvalue weighted by Crippen LogP contribution is -2.41. The Morgan fingerprint density at radius 2 is 2.14 bits per heavy atom. The van der Waals surface area contributed by atoms with Gasteiger partial charge in [-0.15, -0.1) is 0 Å². The number of carbonyl (C=O) groups is 2. The number of rotatable bonds is 6. The number of carboxylic acids is 1. The molecule has 0 spiro atoms. The molecule has 1 saturated carbocycles. The molecule has 1 atom stereocenters. The van der Waals surface area contributed by atoms with E-state index in [2.05, 4.69) is 15.5 Å². The molecule has 1 aliphatic rings. The number of aliphatic carboxylic acids is 1. The van der Waals surface area contributed by atoms with Crippen LogP contribution in [-0.4, -0.2) is 33.2 Å². The first-order valence-electron chi connectivity index (χ1n) is 7.35. The molecule has 6 heteroatoms. The monoisotopic (exact) mass is 293 g/mol. The fourth-order valence-electron chi connectivity index (χ4n) is 2.12. The molecule has 1 heterocycles. The molecule has 2 rings (SSSR count). The molecule has 0 radical (unpaired) electrons. The van der Waals surface area contributed by atoms with Crippen LogP contribution in [-0.2, 0) is 4.79 Å². The van der Waals surface area contributed by atoms with E-state index in [0.29, 0.717) is 12.3 Å². The molecule has 1 aromatic rings. The summed E-state index contributed by atoms with van der Waals surface area (Å²) in [6.07, 6.45) is 3.36. The van der Waals surface area contributed by atoms with Gasteiger partial charge in [-0.25, -0.2) is 4.79 Å². The summed E-state index contributed by atoms with van der Waals surface area (Å²) in [7, 11) is 0. The molecular formula is C15H23N3O3. The van der Waals surface area contributed by atoms with Gasteiger partial charge in [-0.05, 0) is 37.2 Å². The van der Waals surface area contributed by atoms with Crippen molar-refractivity contribution >= 4 is 11.9 Å². The molecule has 1 aromatic heterocycles. The first-order chi connectivity index (χ1) is 9.76. The Balaban J connectivity index is 1.94. The lowest BCUT2D eigenvalue weighted by Gasteiger charge is -2.21. The van der Waals surface area contributed by atoms with Gasteiger partial charge in [-0.3, -0.25) is 9.89 Å². The van der Waals surface area contributed by atoms with E-state index in [1.54, 1.807) is 6.07 Å². The lowest BCUT2D eigenvalue weighted by atomic mass is 9.88.